The van der Waals surface area contributed by atoms with E-state index in [1.54, 1.807) is 24.5 Å². The Balaban J connectivity index is 1.32. The fourth-order valence-electron chi connectivity index (χ4n) is 4.09. The molecule has 0 unspecified atom stereocenters. The van der Waals surface area contributed by atoms with Gasteiger partial charge in [0.05, 0.1) is 12.2 Å². The fourth-order valence-corrected chi connectivity index (χ4v) is 4.22. The molecule has 35 heavy (non-hydrogen) atoms. The summed E-state index contributed by atoms with van der Waals surface area (Å²) in [7, 11) is 0. The van der Waals surface area contributed by atoms with E-state index >= 15 is 0 Å². The Kier molecular flexibility index (Phi) is 6.86. The molecule has 1 aliphatic rings. The SMILES string of the molecule is O=C(C=Cc1cn(Cc2ccccc2)nc1-c1ccc(Cl)cc1)N1CCN(c2ncccn2)CC1. The Bertz CT molecular complexity index is 1300. The van der Waals surface area contributed by atoms with Crippen LogP contribution in [0.5, 0.6) is 0 Å². The first-order valence-electron chi connectivity index (χ1n) is 11.5. The topological polar surface area (TPSA) is 67.2 Å². The Morgan fingerprint density at radius 1 is 0.914 bits per heavy atom. The van der Waals surface area contributed by atoms with Crippen molar-refractivity contribution in [3.05, 3.63) is 101 Å². The van der Waals surface area contributed by atoms with Crippen molar-refractivity contribution in [3.63, 3.8) is 0 Å². The van der Waals surface area contributed by atoms with Crippen LogP contribution in [0.1, 0.15) is 11.1 Å². The zero-order valence-corrected chi connectivity index (χ0v) is 19.9. The lowest BCUT2D eigenvalue weighted by Crippen LogP contribution is -2.48. The van der Waals surface area contributed by atoms with E-state index in [-0.39, 0.29) is 5.91 Å². The lowest BCUT2D eigenvalue weighted by molar-refractivity contribution is -0.126. The quantitative estimate of drug-likeness (QED) is 0.379. The highest BCUT2D eigenvalue weighted by atomic mass is 35.5. The van der Waals surface area contributed by atoms with Crippen molar-refractivity contribution >= 4 is 29.5 Å². The molecule has 8 heteroatoms. The van der Waals surface area contributed by atoms with Crippen molar-refractivity contribution in [2.24, 2.45) is 0 Å². The third-order valence-corrected chi connectivity index (χ3v) is 6.18. The van der Waals surface area contributed by atoms with E-state index in [9.17, 15) is 4.79 Å². The van der Waals surface area contributed by atoms with Crippen molar-refractivity contribution in [3.8, 4) is 11.3 Å². The average molecular weight is 485 g/mol. The molecule has 0 atom stereocenters. The van der Waals surface area contributed by atoms with Crippen LogP contribution in [0.25, 0.3) is 17.3 Å². The lowest BCUT2D eigenvalue weighted by Gasteiger charge is -2.34. The number of amides is 1. The molecule has 0 saturated carbocycles. The van der Waals surface area contributed by atoms with Crippen molar-refractivity contribution in [2.75, 3.05) is 31.1 Å². The van der Waals surface area contributed by atoms with Gasteiger partial charge in [0.15, 0.2) is 0 Å². The molecule has 7 nitrogen and oxygen atoms in total. The van der Waals surface area contributed by atoms with E-state index in [4.69, 9.17) is 16.7 Å². The number of piperazine rings is 1. The number of aromatic nitrogens is 4. The molecule has 4 aromatic rings. The Hall–Kier alpha value is -3.97. The van der Waals surface area contributed by atoms with Gasteiger partial charge in [0.2, 0.25) is 11.9 Å². The number of halogens is 1. The Morgan fingerprint density at radius 2 is 1.63 bits per heavy atom. The van der Waals surface area contributed by atoms with Gasteiger partial charge >= 0.3 is 0 Å². The van der Waals surface area contributed by atoms with Crippen LogP contribution >= 0.6 is 11.6 Å². The highest BCUT2D eigenvalue weighted by Crippen LogP contribution is 2.25. The number of carbonyl (C=O) groups is 1. The number of anilines is 1. The smallest absolute Gasteiger partial charge is 0.246 e. The summed E-state index contributed by atoms with van der Waals surface area (Å²) < 4.78 is 1.90. The fraction of sp³-hybridized carbons (Fsp3) is 0.185. The number of nitrogens with zero attached hydrogens (tertiary/aromatic N) is 6. The van der Waals surface area contributed by atoms with Gasteiger partial charge in [-0.3, -0.25) is 9.48 Å². The van der Waals surface area contributed by atoms with Crippen molar-refractivity contribution in [1.82, 2.24) is 24.6 Å². The Labute approximate surface area is 209 Å². The van der Waals surface area contributed by atoms with Gasteiger partial charge in [-0.15, -0.1) is 0 Å². The van der Waals surface area contributed by atoms with Crippen LogP contribution in [0.2, 0.25) is 5.02 Å². The zero-order chi connectivity index (χ0) is 24.0. The van der Waals surface area contributed by atoms with E-state index in [0.717, 1.165) is 22.4 Å². The summed E-state index contributed by atoms with van der Waals surface area (Å²) in [6.07, 6.45) is 8.94. The summed E-state index contributed by atoms with van der Waals surface area (Å²) in [5.74, 6) is 0.685. The van der Waals surface area contributed by atoms with Gasteiger partial charge in [-0.2, -0.15) is 5.10 Å². The summed E-state index contributed by atoms with van der Waals surface area (Å²) in [6.45, 7) is 3.30. The second kappa shape index (κ2) is 10.5. The summed E-state index contributed by atoms with van der Waals surface area (Å²) in [5.41, 5.74) is 3.80. The maximum atomic E-state index is 12.9. The van der Waals surface area contributed by atoms with Gasteiger partial charge in [-0.05, 0) is 29.8 Å². The molecule has 176 valence electrons. The van der Waals surface area contributed by atoms with Crippen LogP contribution < -0.4 is 4.90 Å². The standard InChI is InChI=1S/C27H25ClN6O/c28-24-10-7-22(8-11-24)26-23(20-34(31-26)19-21-5-2-1-3-6-21)9-12-25(35)32-15-17-33(18-16-32)27-29-13-4-14-30-27/h1-14,20H,15-19H2. The molecule has 5 rings (SSSR count). The first kappa shape index (κ1) is 22.8. The molecule has 1 saturated heterocycles. The zero-order valence-electron chi connectivity index (χ0n) is 19.2. The van der Waals surface area contributed by atoms with E-state index in [0.29, 0.717) is 43.7 Å². The van der Waals surface area contributed by atoms with Crippen LogP contribution in [-0.2, 0) is 11.3 Å². The molecule has 0 spiro atoms. The Morgan fingerprint density at radius 3 is 2.34 bits per heavy atom. The van der Waals surface area contributed by atoms with Crippen molar-refractivity contribution < 1.29 is 4.79 Å². The lowest BCUT2D eigenvalue weighted by atomic mass is 10.1. The summed E-state index contributed by atoms with van der Waals surface area (Å²) in [5, 5.41) is 5.49. The third kappa shape index (κ3) is 5.58. The minimum absolute atomic E-state index is 0.0171. The predicted molar refractivity (Wildman–Crippen MR) is 138 cm³/mol. The van der Waals surface area contributed by atoms with Crippen LogP contribution in [0.4, 0.5) is 5.95 Å². The number of carbonyl (C=O) groups excluding carboxylic acids is 1. The second-order valence-electron chi connectivity index (χ2n) is 8.32. The van der Waals surface area contributed by atoms with Gasteiger partial charge in [-0.25, -0.2) is 9.97 Å². The summed E-state index contributed by atoms with van der Waals surface area (Å²) >= 11 is 6.09. The molecule has 1 fully saturated rings. The molecule has 0 radical (unpaired) electrons. The summed E-state index contributed by atoms with van der Waals surface area (Å²) in [6, 6.07) is 19.6. The monoisotopic (exact) mass is 484 g/mol. The van der Waals surface area contributed by atoms with Gasteiger partial charge < -0.3 is 9.80 Å². The molecule has 3 heterocycles. The third-order valence-electron chi connectivity index (χ3n) is 5.93. The highest BCUT2D eigenvalue weighted by Gasteiger charge is 2.21. The second-order valence-corrected chi connectivity index (χ2v) is 8.75. The largest absolute Gasteiger partial charge is 0.337 e. The number of benzene rings is 2. The van der Waals surface area contributed by atoms with Crippen molar-refractivity contribution in [1.29, 1.82) is 0 Å². The minimum Gasteiger partial charge on any atom is -0.337 e. The van der Waals surface area contributed by atoms with E-state index in [1.165, 1.54) is 0 Å². The van der Waals surface area contributed by atoms with E-state index in [2.05, 4.69) is 27.0 Å². The molecule has 1 amide bonds. The van der Waals surface area contributed by atoms with Crippen LogP contribution in [0, 0.1) is 0 Å². The van der Waals surface area contributed by atoms with Crippen LogP contribution in [0.3, 0.4) is 0 Å². The molecular weight excluding hydrogens is 460 g/mol. The molecule has 0 N–H and O–H groups in total. The molecular formula is C27H25ClN6O. The molecule has 1 aliphatic heterocycles. The molecule has 2 aromatic heterocycles. The minimum atomic E-state index is -0.0171. The summed E-state index contributed by atoms with van der Waals surface area (Å²) in [4.78, 5) is 25.5. The van der Waals surface area contributed by atoms with Gasteiger partial charge in [-0.1, -0.05) is 54.1 Å². The molecule has 0 aliphatic carbocycles. The predicted octanol–water partition coefficient (Wildman–Crippen LogP) is 4.40. The number of hydrogen-bond donors (Lipinski definition) is 0. The van der Waals surface area contributed by atoms with Crippen LogP contribution in [0.15, 0.2) is 85.3 Å². The van der Waals surface area contributed by atoms with Gasteiger partial charge in [0, 0.05) is 67.0 Å². The maximum Gasteiger partial charge on any atom is 0.246 e. The molecule has 0 bridgehead atoms. The van der Waals surface area contributed by atoms with Crippen LogP contribution in [-0.4, -0.2) is 56.7 Å². The average Bonchev–Trinajstić information content (AvgIpc) is 3.31. The normalized spacial score (nSPS) is 14.0. The van der Waals surface area contributed by atoms with E-state index in [1.807, 2.05) is 64.3 Å². The van der Waals surface area contributed by atoms with Gasteiger partial charge in [0.25, 0.3) is 0 Å². The van der Waals surface area contributed by atoms with E-state index < -0.39 is 0 Å². The molecule has 2 aromatic carbocycles. The maximum absolute atomic E-state index is 12.9. The van der Waals surface area contributed by atoms with Crippen molar-refractivity contribution in [2.45, 2.75) is 6.54 Å². The first-order chi connectivity index (χ1) is 17.2. The highest BCUT2D eigenvalue weighted by molar-refractivity contribution is 6.30. The van der Waals surface area contributed by atoms with Gasteiger partial charge in [0.1, 0.15) is 0 Å². The number of hydrogen-bond acceptors (Lipinski definition) is 5. The first-order valence-corrected chi connectivity index (χ1v) is 11.9. The number of rotatable bonds is 6.